The number of carbonyl (C=O) groups excluding carboxylic acids is 2. The third-order valence-corrected chi connectivity index (χ3v) is 2.43. The number of hydrogen-bond acceptors (Lipinski definition) is 4. The summed E-state index contributed by atoms with van der Waals surface area (Å²) in [5.41, 5.74) is 12.6. The zero-order valence-electron chi connectivity index (χ0n) is 10.6. The average Bonchev–Trinajstić information content (AvgIpc) is 2.28. The zero-order chi connectivity index (χ0) is 13.7. The Morgan fingerprint density at radius 1 is 1.39 bits per heavy atom. The second-order valence-electron chi connectivity index (χ2n) is 3.96. The van der Waals surface area contributed by atoms with E-state index in [1.54, 1.807) is 30.1 Å². The van der Waals surface area contributed by atoms with Gasteiger partial charge in [0.15, 0.2) is 0 Å². The van der Waals surface area contributed by atoms with Crippen molar-refractivity contribution in [2.45, 2.75) is 6.92 Å². The van der Waals surface area contributed by atoms with E-state index < -0.39 is 5.91 Å². The van der Waals surface area contributed by atoms with Gasteiger partial charge in [-0.2, -0.15) is 0 Å². The number of benzene rings is 1. The molecule has 6 heteroatoms. The number of nitrogens with two attached hydrogens (primary N) is 2. The molecule has 0 aliphatic carbocycles. The van der Waals surface area contributed by atoms with Gasteiger partial charge in [-0.25, -0.2) is 0 Å². The van der Waals surface area contributed by atoms with Crippen molar-refractivity contribution in [1.82, 2.24) is 5.32 Å². The molecule has 0 saturated heterocycles. The summed E-state index contributed by atoms with van der Waals surface area (Å²) >= 11 is 0. The van der Waals surface area contributed by atoms with Crippen LogP contribution in [0.2, 0.25) is 0 Å². The molecule has 0 saturated carbocycles. The maximum atomic E-state index is 11.6. The van der Waals surface area contributed by atoms with E-state index in [-0.39, 0.29) is 12.5 Å². The molecular formula is C12H18N4O2. The first kappa shape index (κ1) is 13.8. The second-order valence-corrected chi connectivity index (χ2v) is 3.96. The lowest BCUT2D eigenvalue weighted by Crippen LogP contribution is -2.31. The minimum absolute atomic E-state index is 0.0741. The third kappa shape index (κ3) is 3.38. The molecule has 0 aromatic heterocycles. The van der Waals surface area contributed by atoms with Crippen molar-refractivity contribution in [2.24, 2.45) is 5.73 Å². The van der Waals surface area contributed by atoms with Crippen molar-refractivity contribution in [3.8, 4) is 0 Å². The number of hydrogen-bond donors (Lipinski definition) is 3. The van der Waals surface area contributed by atoms with Crippen LogP contribution in [0.15, 0.2) is 18.2 Å². The summed E-state index contributed by atoms with van der Waals surface area (Å²) < 4.78 is 0. The second kappa shape index (κ2) is 5.90. The monoisotopic (exact) mass is 250 g/mol. The van der Waals surface area contributed by atoms with Gasteiger partial charge in [0.05, 0.1) is 17.9 Å². The Labute approximate surface area is 106 Å². The molecular weight excluding hydrogens is 232 g/mol. The van der Waals surface area contributed by atoms with E-state index in [0.717, 1.165) is 0 Å². The quantitative estimate of drug-likeness (QED) is 0.637. The number of nitrogens with one attached hydrogen (secondary N) is 1. The van der Waals surface area contributed by atoms with Crippen LogP contribution in [0.25, 0.3) is 0 Å². The maximum absolute atomic E-state index is 11.6. The zero-order valence-corrected chi connectivity index (χ0v) is 10.6. The first-order chi connectivity index (χ1) is 8.45. The summed E-state index contributed by atoms with van der Waals surface area (Å²) in [6, 6.07) is 4.94. The highest BCUT2D eigenvalue weighted by atomic mass is 16.2. The van der Waals surface area contributed by atoms with Gasteiger partial charge in [0.25, 0.3) is 5.91 Å². The highest BCUT2D eigenvalue weighted by Crippen LogP contribution is 2.23. The Balaban J connectivity index is 2.92. The van der Waals surface area contributed by atoms with Gasteiger partial charge >= 0.3 is 0 Å². The SMILES string of the molecule is CCNC(=O)c1ccc(N(C)CC(N)=O)c(N)c1. The Kier molecular flexibility index (Phi) is 4.53. The largest absolute Gasteiger partial charge is 0.397 e. The van der Waals surface area contributed by atoms with Crippen LogP contribution in [-0.4, -0.2) is 32.0 Å². The number of amides is 2. The van der Waals surface area contributed by atoms with Crippen LogP contribution in [0.4, 0.5) is 11.4 Å². The summed E-state index contributed by atoms with van der Waals surface area (Å²) in [4.78, 5) is 24.1. The molecule has 1 rings (SSSR count). The van der Waals surface area contributed by atoms with E-state index >= 15 is 0 Å². The predicted molar refractivity (Wildman–Crippen MR) is 71.3 cm³/mol. The smallest absolute Gasteiger partial charge is 0.251 e. The van der Waals surface area contributed by atoms with E-state index in [1.165, 1.54) is 0 Å². The van der Waals surface area contributed by atoms with Crippen LogP contribution in [0.1, 0.15) is 17.3 Å². The molecule has 18 heavy (non-hydrogen) atoms. The number of nitrogen functional groups attached to an aromatic ring is 1. The fraction of sp³-hybridized carbons (Fsp3) is 0.333. The molecule has 1 aromatic carbocycles. The first-order valence-corrected chi connectivity index (χ1v) is 5.62. The summed E-state index contributed by atoms with van der Waals surface area (Å²) in [6.07, 6.45) is 0. The molecule has 0 aliphatic rings. The maximum Gasteiger partial charge on any atom is 0.251 e. The lowest BCUT2D eigenvalue weighted by atomic mass is 10.1. The van der Waals surface area contributed by atoms with Gasteiger partial charge in [-0.05, 0) is 25.1 Å². The van der Waals surface area contributed by atoms with Crippen LogP contribution in [0.5, 0.6) is 0 Å². The minimum Gasteiger partial charge on any atom is -0.397 e. The summed E-state index contributed by atoms with van der Waals surface area (Å²) in [7, 11) is 1.71. The van der Waals surface area contributed by atoms with Gasteiger partial charge in [-0.15, -0.1) is 0 Å². The predicted octanol–water partition coefficient (Wildman–Crippen LogP) is -0.0600. The van der Waals surface area contributed by atoms with E-state index in [1.807, 2.05) is 6.92 Å². The standard InChI is InChI=1S/C12H18N4O2/c1-3-15-12(18)8-4-5-10(9(13)6-8)16(2)7-11(14)17/h4-6H,3,7,13H2,1-2H3,(H2,14,17)(H,15,18). The van der Waals surface area contributed by atoms with Gasteiger partial charge in [-0.1, -0.05) is 0 Å². The van der Waals surface area contributed by atoms with Crippen molar-refractivity contribution in [3.05, 3.63) is 23.8 Å². The van der Waals surface area contributed by atoms with Crippen LogP contribution in [-0.2, 0) is 4.79 Å². The number of rotatable bonds is 5. The van der Waals surface area contributed by atoms with Crippen molar-refractivity contribution in [2.75, 3.05) is 30.8 Å². The number of primary amides is 1. The molecule has 0 unspecified atom stereocenters. The van der Waals surface area contributed by atoms with Crippen molar-refractivity contribution >= 4 is 23.2 Å². The molecule has 5 N–H and O–H groups in total. The van der Waals surface area contributed by atoms with E-state index in [9.17, 15) is 9.59 Å². The Hall–Kier alpha value is -2.24. The van der Waals surface area contributed by atoms with Crippen molar-refractivity contribution in [1.29, 1.82) is 0 Å². The molecule has 0 spiro atoms. The fourth-order valence-corrected chi connectivity index (χ4v) is 1.62. The highest BCUT2D eigenvalue weighted by molar-refractivity contribution is 5.96. The van der Waals surface area contributed by atoms with Crippen molar-refractivity contribution in [3.63, 3.8) is 0 Å². The molecule has 0 bridgehead atoms. The molecule has 0 heterocycles. The van der Waals surface area contributed by atoms with Crippen LogP contribution >= 0.6 is 0 Å². The Bertz CT molecular complexity index is 459. The van der Waals surface area contributed by atoms with Crippen LogP contribution in [0.3, 0.4) is 0 Å². The van der Waals surface area contributed by atoms with Gasteiger partial charge in [-0.3, -0.25) is 9.59 Å². The summed E-state index contributed by atoms with van der Waals surface area (Å²) in [6.45, 7) is 2.48. The lowest BCUT2D eigenvalue weighted by molar-refractivity contribution is -0.116. The number of anilines is 2. The van der Waals surface area contributed by atoms with E-state index in [4.69, 9.17) is 11.5 Å². The van der Waals surface area contributed by atoms with Gasteiger partial charge < -0.3 is 21.7 Å². The normalized spacial score (nSPS) is 9.89. The van der Waals surface area contributed by atoms with E-state index in [0.29, 0.717) is 23.5 Å². The van der Waals surface area contributed by atoms with Crippen LogP contribution in [0, 0.1) is 0 Å². The molecule has 0 aliphatic heterocycles. The number of carbonyl (C=O) groups is 2. The Morgan fingerprint density at radius 3 is 2.56 bits per heavy atom. The molecule has 0 fully saturated rings. The lowest BCUT2D eigenvalue weighted by Gasteiger charge is -2.19. The summed E-state index contributed by atoms with van der Waals surface area (Å²) in [5, 5.41) is 2.69. The fourth-order valence-electron chi connectivity index (χ4n) is 1.62. The third-order valence-electron chi connectivity index (χ3n) is 2.43. The molecule has 6 nitrogen and oxygen atoms in total. The average molecular weight is 250 g/mol. The first-order valence-electron chi connectivity index (χ1n) is 5.62. The van der Waals surface area contributed by atoms with Crippen LogP contribution < -0.4 is 21.7 Å². The molecule has 98 valence electrons. The minimum atomic E-state index is -0.440. The number of nitrogens with zero attached hydrogens (tertiary/aromatic N) is 1. The van der Waals surface area contributed by atoms with Crippen molar-refractivity contribution < 1.29 is 9.59 Å². The van der Waals surface area contributed by atoms with Gasteiger partial charge in [0.1, 0.15) is 0 Å². The summed E-state index contributed by atoms with van der Waals surface area (Å²) in [5.74, 6) is -0.613. The van der Waals surface area contributed by atoms with E-state index in [2.05, 4.69) is 5.32 Å². The topological polar surface area (TPSA) is 101 Å². The molecule has 1 aromatic rings. The Morgan fingerprint density at radius 2 is 2.06 bits per heavy atom. The highest BCUT2D eigenvalue weighted by Gasteiger charge is 2.11. The number of likely N-dealkylation sites (N-methyl/N-ethyl adjacent to an activating group) is 1. The molecule has 0 atom stereocenters. The molecule has 0 radical (unpaired) electrons. The van der Waals surface area contributed by atoms with Gasteiger partial charge in [0, 0.05) is 19.2 Å². The van der Waals surface area contributed by atoms with Gasteiger partial charge in [0.2, 0.25) is 5.91 Å². The molecule has 2 amide bonds.